The number of aromatic hydroxyl groups is 1. The van der Waals surface area contributed by atoms with Gasteiger partial charge in [0.05, 0.1) is 0 Å². The molecule has 1 atom stereocenters. The second-order valence-electron chi connectivity index (χ2n) is 3.18. The van der Waals surface area contributed by atoms with Gasteiger partial charge in [0.25, 0.3) is 0 Å². The highest BCUT2D eigenvalue weighted by molar-refractivity contribution is 5.42. The van der Waals surface area contributed by atoms with Crippen LogP contribution in [-0.4, -0.2) is 11.7 Å². The summed E-state index contributed by atoms with van der Waals surface area (Å²) < 4.78 is 0. The summed E-state index contributed by atoms with van der Waals surface area (Å²) in [5.74, 6) is 0.210. The average Bonchev–Trinajstić information content (AvgIpc) is 2.18. The number of hydrogen-bond donors (Lipinski definition) is 3. The average molecular weight is 192 g/mol. The molecular weight excluding hydrogens is 176 g/mol. The van der Waals surface area contributed by atoms with E-state index >= 15 is 0 Å². The lowest BCUT2D eigenvalue weighted by molar-refractivity contribution is 0.460. The van der Waals surface area contributed by atoms with Gasteiger partial charge < -0.3 is 16.6 Å². The van der Waals surface area contributed by atoms with Gasteiger partial charge in [0.1, 0.15) is 5.75 Å². The van der Waals surface area contributed by atoms with Crippen LogP contribution in [0.3, 0.4) is 0 Å². The van der Waals surface area contributed by atoms with Crippen molar-refractivity contribution in [1.29, 1.82) is 0 Å². The van der Waals surface area contributed by atoms with E-state index in [4.69, 9.17) is 11.5 Å². The molecule has 1 aromatic rings. The van der Waals surface area contributed by atoms with Crippen LogP contribution in [0.1, 0.15) is 17.2 Å². The monoisotopic (exact) mass is 192 g/mol. The molecule has 0 aliphatic heterocycles. The molecule has 5 N–H and O–H groups in total. The van der Waals surface area contributed by atoms with Crippen LogP contribution in [0, 0.1) is 0 Å². The quantitative estimate of drug-likeness (QED) is 0.625. The van der Waals surface area contributed by atoms with Gasteiger partial charge in [-0.15, -0.1) is 6.58 Å². The number of phenols is 1. The second kappa shape index (κ2) is 4.79. The summed E-state index contributed by atoms with van der Waals surface area (Å²) >= 11 is 0. The molecule has 0 aliphatic rings. The van der Waals surface area contributed by atoms with E-state index in [0.29, 0.717) is 13.0 Å². The number of allylic oxidation sites excluding steroid dienone is 1. The van der Waals surface area contributed by atoms with Gasteiger partial charge in [0.15, 0.2) is 0 Å². The fourth-order valence-electron chi connectivity index (χ4n) is 1.48. The SMILES string of the molecule is C=CCc1cccc(O)c1C(N)CN. The lowest BCUT2D eigenvalue weighted by atomic mass is 9.97. The number of benzene rings is 1. The summed E-state index contributed by atoms with van der Waals surface area (Å²) in [6.45, 7) is 3.98. The zero-order valence-electron chi connectivity index (χ0n) is 8.11. The Morgan fingerprint density at radius 1 is 1.50 bits per heavy atom. The van der Waals surface area contributed by atoms with Crippen LogP contribution in [-0.2, 0) is 6.42 Å². The maximum absolute atomic E-state index is 9.65. The predicted octanol–water partition coefficient (Wildman–Crippen LogP) is 1.08. The Balaban J connectivity index is 3.14. The summed E-state index contributed by atoms with van der Waals surface area (Å²) in [7, 11) is 0. The Hall–Kier alpha value is -1.32. The first-order valence-electron chi connectivity index (χ1n) is 4.58. The number of nitrogens with two attached hydrogens (primary N) is 2. The van der Waals surface area contributed by atoms with Crippen molar-refractivity contribution in [1.82, 2.24) is 0 Å². The molecule has 1 unspecified atom stereocenters. The Morgan fingerprint density at radius 3 is 2.79 bits per heavy atom. The molecule has 0 bridgehead atoms. The van der Waals surface area contributed by atoms with Gasteiger partial charge in [-0.05, 0) is 18.1 Å². The number of hydrogen-bond acceptors (Lipinski definition) is 3. The molecular formula is C11H16N2O. The first-order valence-corrected chi connectivity index (χ1v) is 4.58. The van der Waals surface area contributed by atoms with Crippen molar-refractivity contribution in [3.05, 3.63) is 42.0 Å². The largest absolute Gasteiger partial charge is 0.508 e. The fourth-order valence-corrected chi connectivity index (χ4v) is 1.48. The Morgan fingerprint density at radius 2 is 2.21 bits per heavy atom. The van der Waals surface area contributed by atoms with Crippen molar-refractivity contribution in [2.45, 2.75) is 12.5 Å². The van der Waals surface area contributed by atoms with Crippen LogP contribution in [0.5, 0.6) is 5.75 Å². The molecule has 3 nitrogen and oxygen atoms in total. The van der Waals surface area contributed by atoms with Crippen LogP contribution >= 0.6 is 0 Å². The molecule has 1 aromatic carbocycles. The van der Waals surface area contributed by atoms with Crippen molar-refractivity contribution >= 4 is 0 Å². The highest BCUT2D eigenvalue weighted by atomic mass is 16.3. The van der Waals surface area contributed by atoms with Crippen LogP contribution < -0.4 is 11.5 Å². The van der Waals surface area contributed by atoms with Gasteiger partial charge in [0.2, 0.25) is 0 Å². The maximum atomic E-state index is 9.65. The van der Waals surface area contributed by atoms with E-state index in [1.165, 1.54) is 0 Å². The van der Waals surface area contributed by atoms with Gasteiger partial charge in [-0.2, -0.15) is 0 Å². The Bertz CT molecular complexity index is 323. The summed E-state index contributed by atoms with van der Waals surface area (Å²) in [6, 6.07) is 5.02. The molecule has 0 amide bonds. The van der Waals surface area contributed by atoms with Crippen LogP contribution in [0.15, 0.2) is 30.9 Å². The lowest BCUT2D eigenvalue weighted by Crippen LogP contribution is -2.22. The first-order chi connectivity index (χ1) is 6.70. The van der Waals surface area contributed by atoms with Crippen molar-refractivity contribution in [2.75, 3.05) is 6.54 Å². The Labute approximate surface area is 84.0 Å². The third-order valence-corrected chi connectivity index (χ3v) is 2.16. The predicted molar refractivity (Wildman–Crippen MR) is 58.0 cm³/mol. The number of rotatable bonds is 4. The molecule has 0 fully saturated rings. The zero-order valence-corrected chi connectivity index (χ0v) is 8.11. The molecule has 0 saturated carbocycles. The molecule has 0 aromatic heterocycles. The molecule has 0 saturated heterocycles. The number of phenolic OH excluding ortho intramolecular Hbond substituents is 1. The molecule has 0 radical (unpaired) electrons. The van der Waals surface area contributed by atoms with Crippen molar-refractivity contribution in [3.8, 4) is 5.75 Å². The van der Waals surface area contributed by atoms with Crippen LogP contribution in [0.25, 0.3) is 0 Å². The van der Waals surface area contributed by atoms with E-state index < -0.39 is 0 Å². The molecule has 0 spiro atoms. The summed E-state index contributed by atoms with van der Waals surface area (Å²) in [6.07, 6.45) is 2.47. The first kappa shape index (κ1) is 10.8. The van der Waals surface area contributed by atoms with E-state index in [1.807, 2.05) is 6.07 Å². The minimum atomic E-state index is -0.314. The lowest BCUT2D eigenvalue weighted by Gasteiger charge is -2.15. The molecule has 0 aliphatic carbocycles. The van der Waals surface area contributed by atoms with Crippen molar-refractivity contribution in [3.63, 3.8) is 0 Å². The second-order valence-corrected chi connectivity index (χ2v) is 3.18. The van der Waals surface area contributed by atoms with E-state index in [0.717, 1.165) is 11.1 Å². The normalized spacial score (nSPS) is 12.4. The summed E-state index contributed by atoms with van der Waals surface area (Å²) in [5.41, 5.74) is 13.0. The third-order valence-electron chi connectivity index (χ3n) is 2.16. The fraction of sp³-hybridized carbons (Fsp3) is 0.273. The van der Waals surface area contributed by atoms with Gasteiger partial charge in [0, 0.05) is 18.2 Å². The van der Waals surface area contributed by atoms with Crippen molar-refractivity contribution < 1.29 is 5.11 Å². The van der Waals surface area contributed by atoms with E-state index in [2.05, 4.69) is 6.58 Å². The topological polar surface area (TPSA) is 72.3 Å². The standard InChI is InChI=1S/C11H16N2O/c1-2-4-8-5-3-6-10(14)11(8)9(13)7-12/h2-3,5-6,9,14H,1,4,7,12-13H2. The van der Waals surface area contributed by atoms with Gasteiger partial charge in [-0.25, -0.2) is 0 Å². The zero-order chi connectivity index (χ0) is 10.6. The van der Waals surface area contributed by atoms with E-state index in [9.17, 15) is 5.11 Å². The minimum absolute atomic E-state index is 0.210. The van der Waals surface area contributed by atoms with E-state index in [1.54, 1.807) is 18.2 Å². The molecule has 3 heteroatoms. The van der Waals surface area contributed by atoms with Crippen LogP contribution in [0.4, 0.5) is 0 Å². The van der Waals surface area contributed by atoms with Gasteiger partial charge in [-0.3, -0.25) is 0 Å². The molecule has 76 valence electrons. The molecule has 1 rings (SSSR count). The van der Waals surface area contributed by atoms with Crippen molar-refractivity contribution in [2.24, 2.45) is 11.5 Å². The van der Waals surface area contributed by atoms with Gasteiger partial charge >= 0.3 is 0 Å². The maximum Gasteiger partial charge on any atom is 0.120 e. The summed E-state index contributed by atoms with van der Waals surface area (Å²) in [4.78, 5) is 0. The third kappa shape index (κ3) is 2.13. The summed E-state index contributed by atoms with van der Waals surface area (Å²) in [5, 5.41) is 9.65. The highest BCUT2D eigenvalue weighted by Gasteiger charge is 2.12. The smallest absolute Gasteiger partial charge is 0.120 e. The Kier molecular flexibility index (Phi) is 3.68. The van der Waals surface area contributed by atoms with Gasteiger partial charge in [-0.1, -0.05) is 18.2 Å². The van der Waals surface area contributed by atoms with E-state index in [-0.39, 0.29) is 11.8 Å². The van der Waals surface area contributed by atoms with Crippen LogP contribution in [0.2, 0.25) is 0 Å². The molecule has 14 heavy (non-hydrogen) atoms. The molecule has 0 heterocycles. The minimum Gasteiger partial charge on any atom is -0.508 e. The highest BCUT2D eigenvalue weighted by Crippen LogP contribution is 2.26.